The molecular formula is C11H8F2N2O2. The molecule has 1 aromatic carbocycles. The number of anilines is 2. The first kappa shape index (κ1) is 11.1. The molecule has 0 aliphatic rings. The normalized spacial score (nSPS) is 10.0. The van der Waals surface area contributed by atoms with Crippen LogP contribution < -0.4 is 10.6 Å². The molecule has 6 heteroatoms. The SMILES string of the molecule is O=C(Nc1ccco1)Nc1c(F)cccc1F. The number of furan rings is 1. The number of benzene rings is 1. The van der Waals surface area contributed by atoms with Crippen molar-refractivity contribution < 1.29 is 18.0 Å². The fourth-order valence-corrected chi connectivity index (χ4v) is 1.22. The highest BCUT2D eigenvalue weighted by atomic mass is 19.1. The molecule has 0 aliphatic heterocycles. The summed E-state index contributed by atoms with van der Waals surface area (Å²) in [4.78, 5) is 11.4. The van der Waals surface area contributed by atoms with Gasteiger partial charge in [-0.3, -0.25) is 5.32 Å². The average Bonchev–Trinajstić information content (AvgIpc) is 2.76. The fraction of sp³-hybridized carbons (Fsp3) is 0. The Kier molecular flexibility index (Phi) is 3.04. The molecule has 0 saturated heterocycles. The number of carbonyl (C=O) groups is 1. The molecule has 88 valence electrons. The summed E-state index contributed by atoms with van der Waals surface area (Å²) < 4.78 is 31.2. The molecule has 0 bridgehead atoms. The molecule has 0 saturated carbocycles. The molecule has 0 fully saturated rings. The summed E-state index contributed by atoms with van der Waals surface area (Å²) >= 11 is 0. The van der Waals surface area contributed by atoms with Gasteiger partial charge in [-0.05, 0) is 18.2 Å². The van der Waals surface area contributed by atoms with Crippen molar-refractivity contribution in [1.82, 2.24) is 0 Å². The first-order valence-corrected chi connectivity index (χ1v) is 4.72. The second-order valence-corrected chi connectivity index (χ2v) is 3.15. The van der Waals surface area contributed by atoms with Gasteiger partial charge >= 0.3 is 6.03 Å². The van der Waals surface area contributed by atoms with E-state index in [1.165, 1.54) is 18.4 Å². The maximum Gasteiger partial charge on any atom is 0.326 e. The van der Waals surface area contributed by atoms with Gasteiger partial charge in [0.15, 0.2) is 0 Å². The van der Waals surface area contributed by atoms with Crippen LogP contribution in [0, 0.1) is 11.6 Å². The van der Waals surface area contributed by atoms with Crippen molar-refractivity contribution in [3.05, 3.63) is 48.2 Å². The number of halogens is 2. The second kappa shape index (κ2) is 4.65. The topological polar surface area (TPSA) is 54.3 Å². The van der Waals surface area contributed by atoms with Gasteiger partial charge in [-0.25, -0.2) is 13.6 Å². The molecular weight excluding hydrogens is 230 g/mol. The number of amides is 2. The van der Waals surface area contributed by atoms with Crippen molar-refractivity contribution in [1.29, 1.82) is 0 Å². The quantitative estimate of drug-likeness (QED) is 0.844. The molecule has 1 aromatic heterocycles. The Hall–Kier alpha value is -2.37. The summed E-state index contributed by atoms with van der Waals surface area (Å²) in [6, 6.07) is 5.58. The van der Waals surface area contributed by atoms with Crippen LogP contribution in [0.25, 0.3) is 0 Å². The van der Waals surface area contributed by atoms with Crippen LogP contribution in [0.4, 0.5) is 25.1 Å². The lowest BCUT2D eigenvalue weighted by atomic mass is 10.3. The van der Waals surface area contributed by atoms with E-state index in [1.807, 2.05) is 0 Å². The summed E-state index contributed by atoms with van der Waals surface area (Å²) in [6.07, 6.45) is 1.36. The fourth-order valence-electron chi connectivity index (χ4n) is 1.22. The zero-order valence-electron chi connectivity index (χ0n) is 8.54. The molecule has 0 unspecified atom stereocenters. The van der Waals surface area contributed by atoms with Crippen molar-refractivity contribution in [2.45, 2.75) is 0 Å². The van der Waals surface area contributed by atoms with Crippen LogP contribution in [0.5, 0.6) is 0 Å². The lowest BCUT2D eigenvalue weighted by Gasteiger charge is -2.07. The Labute approximate surface area is 95.2 Å². The molecule has 1 heterocycles. The summed E-state index contributed by atoms with van der Waals surface area (Å²) in [6.45, 7) is 0. The van der Waals surface area contributed by atoms with Crippen LogP contribution in [-0.2, 0) is 0 Å². The van der Waals surface area contributed by atoms with Gasteiger partial charge in [-0.15, -0.1) is 0 Å². The Morgan fingerprint density at radius 2 is 1.76 bits per heavy atom. The number of urea groups is 1. The Morgan fingerprint density at radius 3 is 2.35 bits per heavy atom. The van der Waals surface area contributed by atoms with Gasteiger partial charge in [0.25, 0.3) is 0 Å². The van der Waals surface area contributed by atoms with Crippen molar-refractivity contribution in [3.8, 4) is 0 Å². The highest BCUT2D eigenvalue weighted by molar-refractivity contribution is 5.99. The van der Waals surface area contributed by atoms with Crippen LogP contribution >= 0.6 is 0 Å². The number of carbonyl (C=O) groups excluding carboxylic acids is 1. The third-order valence-electron chi connectivity index (χ3n) is 1.96. The highest BCUT2D eigenvalue weighted by Gasteiger charge is 2.12. The average molecular weight is 238 g/mol. The van der Waals surface area contributed by atoms with E-state index in [4.69, 9.17) is 4.42 Å². The van der Waals surface area contributed by atoms with E-state index in [2.05, 4.69) is 10.6 Å². The number of para-hydroxylation sites is 1. The molecule has 2 rings (SSSR count). The van der Waals surface area contributed by atoms with Gasteiger partial charge in [-0.1, -0.05) is 6.07 Å². The molecule has 2 aromatic rings. The zero-order valence-corrected chi connectivity index (χ0v) is 8.54. The molecule has 2 amide bonds. The van der Waals surface area contributed by atoms with E-state index in [0.29, 0.717) is 0 Å². The summed E-state index contributed by atoms with van der Waals surface area (Å²) in [7, 11) is 0. The maximum absolute atomic E-state index is 13.2. The number of nitrogens with one attached hydrogen (secondary N) is 2. The summed E-state index contributed by atoms with van der Waals surface area (Å²) in [5.41, 5.74) is -0.503. The third kappa shape index (κ3) is 2.60. The Balaban J connectivity index is 2.08. The smallest absolute Gasteiger partial charge is 0.326 e. The number of hydrogen-bond donors (Lipinski definition) is 2. The molecule has 2 N–H and O–H groups in total. The lowest BCUT2D eigenvalue weighted by Crippen LogP contribution is -2.20. The van der Waals surface area contributed by atoms with Crippen LogP contribution in [-0.4, -0.2) is 6.03 Å². The highest BCUT2D eigenvalue weighted by Crippen LogP contribution is 2.18. The van der Waals surface area contributed by atoms with Gasteiger partial charge in [0.2, 0.25) is 5.88 Å². The maximum atomic E-state index is 13.2. The Bertz CT molecular complexity index is 506. The van der Waals surface area contributed by atoms with E-state index in [-0.39, 0.29) is 5.88 Å². The number of hydrogen-bond acceptors (Lipinski definition) is 2. The second-order valence-electron chi connectivity index (χ2n) is 3.15. The summed E-state index contributed by atoms with van der Waals surface area (Å²) in [5, 5.41) is 4.33. The van der Waals surface area contributed by atoms with E-state index >= 15 is 0 Å². The van der Waals surface area contributed by atoms with Gasteiger partial charge in [0, 0.05) is 6.07 Å². The predicted octanol–water partition coefficient (Wildman–Crippen LogP) is 3.20. The standard InChI is InChI=1S/C11H8F2N2O2/c12-7-3-1-4-8(13)10(7)15-11(16)14-9-5-2-6-17-9/h1-6H,(H2,14,15,16). The van der Waals surface area contributed by atoms with E-state index < -0.39 is 23.4 Å². The first-order chi connectivity index (χ1) is 8.16. The molecule has 0 radical (unpaired) electrons. The summed E-state index contributed by atoms with van der Waals surface area (Å²) in [5.74, 6) is -1.52. The van der Waals surface area contributed by atoms with Crippen molar-refractivity contribution in [3.63, 3.8) is 0 Å². The first-order valence-electron chi connectivity index (χ1n) is 4.72. The number of rotatable bonds is 2. The van der Waals surface area contributed by atoms with Crippen LogP contribution in [0.3, 0.4) is 0 Å². The van der Waals surface area contributed by atoms with Gasteiger partial charge in [0.1, 0.15) is 17.3 Å². The minimum atomic E-state index is -0.848. The largest absolute Gasteiger partial charge is 0.449 e. The molecule has 0 spiro atoms. The van der Waals surface area contributed by atoms with Crippen LogP contribution in [0.2, 0.25) is 0 Å². The monoisotopic (exact) mass is 238 g/mol. The Morgan fingerprint density at radius 1 is 1.06 bits per heavy atom. The molecule has 0 atom stereocenters. The van der Waals surface area contributed by atoms with Crippen molar-refractivity contribution >= 4 is 17.6 Å². The minimum absolute atomic E-state index is 0.180. The molecule has 0 aliphatic carbocycles. The van der Waals surface area contributed by atoms with Crippen LogP contribution in [0.15, 0.2) is 41.0 Å². The van der Waals surface area contributed by atoms with Gasteiger partial charge in [0.05, 0.1) is 6.26 Å². The third-order valence-corrected chi connectivity index (χ3v) is 1.96. The molecule has 17 heavy (non-hydrogen) atoms. The van der Waals surface area contributed by atoms with Crippen molar-refractivity contribution in [2.24, 2.45) is 0 Å². The van der Waals surface area contributed by atoms with E-state index in [0.717, 1.165) is 12.1 Å². The zero-order chi connectivity index (χ0) is 12.3. The lowest BCUT2D eigenvalue weighted by molar-refractivity contribution is 0.261. The predicted molar refractivity (Wildman–Crippen MR) is 57.7 cm³/mol. The van der Waals surface area contributed by atoms with Gasteiger partial charge in [-0.2, -0.15) is 0 Å². The minimum Gasteiger partial charge on any atom is -0.449 e. The van der Waals surface area contributed by atoms with E-state index in [9.17, 15) is 13.6 Å². The van der Waals surface area contributed by atoms with Crippen LogP contribution in [0.1, 0.15) is 0 Å². The van der Waals surface area contributed by atoms with Crippen molar-refractivity contribution in [2.75, 3.05) is 10.6 Å². The molecule has 4 nitrogen and oxygen atoms in total. The van der Waals surface area contributed by atoms with E-state index in [1.54, 1.807) is 6.07 Å². The van der Waals surface area contributed by atoms with Gasteiger partial charge < -0.3 is 9.73 Å².